The monoisotopic (exact) mass is 565 g/mol. The van der Waals surface area contributed by atoms with Crippen LogP contribution in [-0.4, -0.2) is 34.9 Å². The molecule has 0 aliphatic carbocycles. The van der Waals surface area contributed by atoms with Crippen molar-refractivity contribution in [1.82, 2.24) is 14.5 Å². The van der Waals surface area contributed by atoms with Crippen molar-refractivity contribution in [2.24, 2.45) is 0 Å². The summed E-state index contributed by atoms with van der Waals surface area (Å²) in [7, 11) is -4.48. The van der Waals surface area contributed by atoms with Gasteiger partial charge >= 0.3 is 0 Å². The van der Waals surface area contributed by atoms with E-state index in [0.29, 0.717) is 47.7 Å². The second kappa shape index (κ2) is 11.1. The van der Waals surface area contributed by atoms with E-state index in [1.807, 2.05) is 19.9 Å². The van der Waals surface area contributed by atoms with Crippen LogP contribution in [0.15, 0.2) is 75.5 Å². The lowest BCUT2D eigenvalue weighted by molar-refractivity contribution is 0.174. The molecule has 0 bridgehead atoms. The Hall–Kier alpha value is -4.25. The van der Waals surface area contributed by atoms with E-state index in [-0.39, 0.29) is 11.7 Å². The van der Waals surface area contributed by atoms with Crippen molar-refractivity contribution >= 4 is 9.84 Å². The van der Waals surface area contributed by atoms with Gasteiger partial charge in [-0.05, 0) is 54.3 Å². The number of ether oxygens (including phenoxy) is 2. The zero-order valence-corrected chi connectivity index (χ0v) is 22.8. The summed E-state index contributed by atoms with van der Waals surface area (Å²) in [6.07, 6.45) is 4.86. The average molecular weight is 566 g/mol. The number of hydrogen-bond donors (Lipinski definition) is 1. The highest BCUT2D eigenvalue weighted by molar-refractivity contribution is 7.91. The average Bonchev–Trinajstić information content (AvgIpc) is 3.41. The number of pyridine rings is 1. The molecular formula is C29H28FN3O6S. The van der Waals surface area contributed by atoms with Crippen LogP contribution in [0.5, 0.6) is 17.4 Å². The van der Waals surface area contributed by atoms with Gasteiger partial charge < -0.3 is 14.6 Å². The van der Waals surface area contributed by atoms with Crippen molar-refractivity contribution in [2.45, 2.75) is 55.4 Å². The first-order valence-corrected chi connectivity index (χ1v) is 14.4. The normalized spacial score (nSPS) is 13.4. The molecule has 0 saturated heterocycles. The summed E-state index contributed by atoms with van der Waals surface area (Å²) in [4.78, 5) is 20.1. The van der Waals surface area contributed by atoms with E-state index in [0.717, 1.165) is 18.2 Å². The number of aromatic hydroxyl groups is 1. The molecule has 4 aromatic rings. The molecule has 1 atom stereocenters. The Kier molecular flexibility index (Phi) is 7.57. The third-order valence-corrected chi connectivity index (χ3v) is 8.63. The lowest BCUT2D eigenvalue weighted by Crippen LogP contribution is -2.27. The van der Waals surface area contributed by atoms with E-state index in [4.69, 9.17) is 9.47 Å². The van der Waals surface area contributed by atoms with E-state index in [1.165, 1.54) is 41.1 Å². The smallest absolute Gasteiger partial charge is 0.296 e. The molecule has 0 amide bonds. The van der Waals surface area contributed by atoms with E-state index in [9.17, 15) is 22.7 Å². The molecule has 0 spiro atoms. The fourth-order valence-electron chi connectivity index (χ4n) is 4.82. The Morgan fingerprint density at radius 2 is 1.77 bits per heavy atom. The Labute approximate surface area is 230 Å². The molecule has 2 aromatic carbocycles. The van der Waals surface area contributed by atoms with Crippen LogP contribution >= 0.6 is 0 Å². The number of sulfone groups is 1. The van der Waals surface area contributed by atoms with Crippen molar-refractivity contribution in [3.63, 3.8) is 0 Å². The summed E-state index contributed by atoms with van der Waals surface area (Å²) in [6, 6.07) is 11.7. The first-order valence-electron chi connectivity index (χ1n) is 12.9. The number of aromatic nitrogens is 3. The zero-order chi connectivity index (χ0) is 28.4. The van der Waals surface area contributed by atoms with Crippen LogP contribution in [0.1, 0.15) is 50.5 Å². The molecule has 0 radical (unpaired) electrons. The van der Waals surface area contributed by atoms with E-state index in [1.54, 1.807) is 12.1 Å². The van der Waals surface area contributed by atoms with Gasteiger partial charge in [0.1, 0.15) is 11.6 Å². The summed E-state index contributed by atoms with van der Waals surface area (Å²) in [5.74, 6) is 0.228. The van der Waals surface area contributed by atoms with Gasteiger partial charge in [-0.15, -0.1) is 0 Å². The quantitative estimate of drug-likeness (QED) is 0.299. The highest BCUT2D eigenvalue weighted by Crippen LogP contribution is 2.38. The van der Waals surface area contributed by atoms with Gasteiger partial charge in [0.05, 0.1) is 17.1 Å². The first kappa shape index (κ1) is 27.3. The second-order valence-electron chi connectivity index (χ2n) is 9.42. The third-order valence-electron chi connectivity index (χ3n) is 6.84. The van der Waals surface area contributed by atoms with Gasteiger partial charge in [0.2, 0.25) is 22.5 Å². The summed E-state index contributed by atoms with van der Waals surface area (Å²) < 4.78 is 53.5. The lowest BCUT2D eigenvalue weighted by atomic mass is 10.0. The number of benzene rings is 2. The van der Waals surface area contributed by atoms with Gasteiger partial charge in [-0.2, -0.15) is 4.98 Å². The maximum atomic E-state index is 13.7. The molecule has 1 unspecified atom stereocenters. The maximum Gasteiger partial charge on any atom is 0.296 e. The SMILES string of the molecule is CCCCc1nc(=O)c(S(=O)(=O)c2ccc(-c3cncc(F)c3)cc2)c(O)n1C(CC)c1ccc2c(c1)OCO2. The van der Waals surface area contributed by atoms with Crippen LogP contribution in [0.25, 0.3) is 11.1 Å². The van der Waals surface area contributed by atoms with Gasteiger partial charge in [-0.1, -0.05) is 38.5 Å². The molecule has 1 aliphatic rings. The van der Waals surface area contributed by atoms with Gasteiger partial charge in [-0.3, -0.25) is 14.3 Å². The molecule has 11 heteroatoms. The van der Waals surface area contributed by atoms with Crippen LogP contribution in [-0.2, 0) is 16.3 Å². The number of unbranched alkanes of at least 4 members (excludes halogenated alkanes) is 1. The van der Waals surface area contributed by atoms with Crippen LogP contribution in [0.2, 0.25) is 0 Å². The Balaban J connectivity index is 1.62. The fraction of sp³-hybridized carbons (Fsp3) is 0.276. The topological polar surface area (TPSA) is 121 Å². The Bertz CT molecular complexity index is 1720. The second-order valence-corrected chi connectivity index (χ2v) is 11.3. The first-order chi connectivity index (χ1) is 19.2. The summed E-state index contributed by atoms with van der Waals surface area (Å²) in [6.45, 7) is 3.98. The van der Waals surface area contributed by atoms with Gasteiger partial charge in [0.15, 0.2) is 16.4 Å². The fourth-order valence-corrected chi connectivity index (χ4v) is 6.17. The molecule has 2 aromatic heterocycles. The molecule has 0 saturated carbocycles. The minimum atomic E-state index is -4.48. The van der Waals surface area contributed by atoms with Crippen LogP contribution in [0.4, 0.5) is 4.39 Å². The van der Waals surface area contributed by atoms with Crippen LogP contribution in [0, 0.1) is 5.82 Å². The predicted molar refractivity (Wildman–Crippen MR) is 145 cm³/mol. The standard InChI is InChI=1S/C29H28FN3O6S/c1-3-5-6-26-32-28(34)27(29(35)33(26)23(4-2)19-9-12-24-25(14-19)39-17-38-24)40(36,37)22-10-7-18(8-11-22)20-13-21(30)16-31-15-20/h7-16,23,35H,3-6,17H2,1-2H3. The number of nitrogens with zero attached hydrogens (tertiary/aromatic N) is 3. The number of halogens is 1. The predicted octanol–water partition coefficient (Wildman–Crippen LogP) is 5.05. The molecule has 0 fully saturated rings. The number of fused-ring (bicyclic) bond motifs is 1. The number of hydrogen-bond acceptors (Lipinski definition) is 8. The van der Waals surface area contributed by atoms with Crippen molar-refractivity contribution in [1.29, 1.82) is 0 Å². The largest absolute Gasteiger partial charge is 0.493 e. The minimum absolute atomic E-state index is 0.0963. The van der Waals surface area contributed by atoms with E-state index >= 15 is 0 Å². The number of rotatable bonds is 9. The minimum Gasteiger partial charge on any atom is -0.493 e. The molecule has 1 aliphatic heterocycles. The highest BCUT2D eigenvalue weighted by Gasteiger charge is 2.32. The van der Waals surface area contributed by atoms with Gasteiger partial charge in [-0.25, -0.2) is 12.8 Å². The molecular weight excluding hydrogens is 537 g/mol. The molecule has 5 rings (SSSR count). The number of aryl methyl sites for hydroxylation is 1. The third kappa shape index (κ3) is 5.04. The van der Waals surface area contributed by atoms with Crippen molar-refractivity contribution < 1.29 is 27.4 Å². The van der Waals surface area contributed by atoms with Gasteiger partial charge in [0.25, 0.3) is 5.56 Å². The van der Waals surface area contributed by atoms with Crippen molar-refractivity contribution in [3.8, 4) is 28.5 Å². The summed E-state index contributed by atoms with van der Waals surface area (Å²) in [5.41, 5.74) is 0.709. The molecule has 1 N–H and O–H groups in total. The molecule has 3 heterocycles. The van der Waals surface area contributed by atoms with E-state index in [2.05, 4.69) is 9.97 Å². The van der Waals surface area contributed by atoms with Crippen LogP contribution in [0.3, 0.4) is 0 Å². The van der Waals surface area contributed by atoms with Gasteiger partial charge in [0, 0.05) is 18.2 Å². The summed E-state index contributed by atoms with van der Waals surface area (Å²) >= 11 is 0. The van der Waals surface area contributed by atoms with E-state index < -0.39 is 38.0 Å². The molecule has 208 valence electrons. The Morgan fingerprint density at radius 3 is 2.48 bits per heavy atom. The lowest BCUT2D eigenvalue weighted by Gasteiger charge is -2.25. The van der Waals surface area contributed by atoms with Crippen molar-refractivity contribution in [2.75, 3.05) is 6.79 Å². The highest BCUT2D eigenvalue weighted by atomic mass is 32.2. The Morgan fingerprint density at radius 1 is 1.02 bits per heavy atom. The van der Waals surface area contributed by atoms with Crippen LogP contribution < -0.4 is 15.0 Å². The molecule has 40 heavy (non-hydrogen) atoms. The van der Waals surface area contributed by atoms with Crippen molar-refractivity contribution in [3.05, 3.63) is 88.5 Å². The molecule has 9 nitrogen and oxygen atoms in total. The summed E-state index contributed by atoms with van der Waals surface area (Å²) in [5, 5.41) is 11.5. The maximum absolute atomic E-state index is 13.7. The zero-order valence-electron chi connectivity index (χ0n) is 22.0.